The summed E-state index contributed by atoms with van der Waals surface area (Å²) in [6.07, 6.45) is -12.4. The van der Waals surface area contributed by atoms with Crippen molar-refractivity contribution in [3.8, 4) is 0 Å². The van der Waals surface area contributed by atoms with Crippen LogP contribution in [0.1, 0.15) is 25.6 Å². The highest BCUT2D eigenvalue weighted by Gasteiger charge is 2.52. The summed E-state index contributed by atoms with van der Waals surface area (Å²) in [5, 5.41) is 41.7. The van der Waals surface area contributed by atoms with Crippen LogP contribution < -0.4 is 42.7 Å². The number of aromatic nitrogens is 12. The minimum atomic E-state index is -6.27. The zero-order valence-corrected chi connectivity index (χ0v) is 42.4. The van der Waals surface area contributed by atoms with Crippen molar-refractivity contribution < 1.29 is 108 Å². The fraction of sp³-hybridized carbons (Fsp3) is 0.545. The number of aryl methyl sites for hydroxylation is 1. The first-order valence-electron chi connectivity index (χ1n) is 21.6. The first kappa shape index (κ1) is 57.0. The number of hydrogen-bond donors (Lipinski definition) is 11. The van der Waals surface area contributed by atoms with E-state index in [9.17, 15) is 67.8 Å². The summed E-state index contributed by atoms with van der Waals surface area (Å²) in [5.41, 5.74) is 15.3. The minimum Gasteiger partial charge on any atom is -0.756 e. The number of phosphoric acid groups is 4. The van der Waals surface area contributed by atoms with Crippen molar-refractivity contribution in [2.75, 3.05) is 56.8 Å². The van der Waals surface area contributed by atoms with Gasteiger partial charge in [0.05, 0.1) is 46.1 Å². The van der Waals surface area contributed by atoms with Crippen LogP contribution in [0, 0.1) is 0 Å². The van der Waals surface area contributed by atoms with E-state index in [2.05, 4.69) is 53.0 Å². The average Bonchev–Trinajstić information content (AvgIpc) is 4.15. The number of aliphatic hydroxyl groups excluding tert-OH is 4. The van der Waals surface area contributed by atoms with Crippen LogP contribution in [0.2, 0.25) is 0 Å². The van der Waals surface area contributed by atoms with Gasteiger partial charge in [0, 0.05) is 6.61 Å². The molecule has 6 aromatic heterocycles. The zero-order valence-electron chi connectivity index (χ0n) is 38.9. The zero-order chi connectivity index (χ0) is 55.2. The number of anilines is 3. The number of nitrogens with two attached hydrogens (primary N) is 3. The van der Waals surface area contributed by atoms with Crippen LogP contribution in [-0.2, 0) is 71.0 Å². The van der Waals surface area contributed by atoms with Gasteiger partial charge in [0.2, 0.25) is 17.7 Å². The molecule has 0 radical (unpaired) electrons. The van der Waals surface area contributed by atoms with Gasteiger partial charge in [-0.05, 0) is 6.92 Å². The number of fused-ring (bicyclic) bond motifs is 3. The van der Waals surface area contributed by atoms with Crippen molar-refractivity contribution in [3.63, 3.8) is 0 Å². The first-order chi connectivity index (χ1) is 35.7. The van der Waals surface area contributed by atoms with Gasteiger partial charge < -0.3 is 89.7 Å². The summed E-state index contributed by atoms with van der Waals surface area (Å²) in [6, 6.07) is 0. The van der Waals surface area contributed by atoms with Crippen molar-refractivity contribution in [1.29, 1.82) is 0 Å². The molecule has 39 nitrogen and oxygen atoms in total. The average molecular weight is 1160 g/mol. The molecule has 418 valence electrons. The number of H-pyrrole nitrogens is 2. The topological polar surface area (TPSA) is 568 Å². The number of imidazole rings is 3. The number of hydrogen-bond acceptors (Lipinski definition) is 31. The normalized spacial score (nSPS) is 26.1. The van der Waals surface area contributed by atoms with Crippen LogP contribution in [0.4, 0.5) is 17.7 Å². The van der Waals surface area contributed by atoms with Gasteiger partial charge in [-0.1, -0.05) is 4.98 Å². The van der Waals surface area contributed by atoms with Gasteiger partial charge in [0.25, 0.3) is 32.7 Å². The first-order valence-corrected chi connectivity index (χ1v) is 27.6. The molecule has 0 aliphatic carbocycles. The van der Waals surface area contributed by atoms with Crippen LogP contribution in [-0.4, -0.2) is 166 Å². The Hall–Kier alpha value is -5.15. The minimum absolute atomic E-state index is 0.00832. The summed E-state index contributed by atoms with van der Waals surface area (Å²) >= 11 is 0. The number of ether oxygens (including phenoxy) is 4. The highest BCUT2D eigenvalue weighted by atomic mass is 31.3. The predicted octanol–water partition coefficient (Wildman–Crippen LogP) is -5.34. The van der Waals surface area contributed by atoms with E-state index >= 15 is 0 Å². The maximum Gasteiger partial charge on any atom is 0.487 e. The van der Waals surface area contributed by atoms with Crippen LogP contribution in [0.15, 0.2) is 34.9 Å². The van der Waals surface area contributed by atoms with E-state index in [-0.39, 0.29) is 57.8 Å². The Kier molecular flexibility index (Phi) is 16.7. The van der Waals surface area contributed by atoms with Gasteiger partial charge in [0.15, 0.2) is 41.4 Å². The van der Waals surface area contributed by atoms with E-state index < -0.39 is 137 Å². The molecular weight excluding hydrogens is 1110 g/mol. The van der Waals surface area contributed by atoms with E-state index in [0.29, 0.717) is 0 Å². The van der Waals surface area contributed by atoms with E-state index in [4.69, 9.17) is 49.7 Å². The van der Waals surface area contributed by atoms with Crippen molar-refractivity contribution in [1.82, 2.24) is 53.6 Å². The maximum absolute atomic E-state index is 13.6. The molecule has 0 spiro atoms. The third-order valence-corrected chi connectivity index (χ3v) is 16.2. The smallest absolute Gasteiger partial charge is 0.487 e. The fourth-order valence-electron chi connectivity index (χ4n) is 7.88. The molecule has 8 heterocycles. The third-order valence-electron chi connectivity index (χ3n) is 11.1. The quantitative estimate of drug-likeness (QED) is 0.0199. The van der Waals surface area contributed by atoms with Crippen molar-refractivity contribution in [2.24, 2.45) is 7.05 Å². The molecule has 6 unspecified atom stereocenters. The molecule has 2 aliphatic heterocycles. The van der Waals surface area contributed by atoms with Gasteiger partial charge in [-0.25, -0.2) is 37.9 Å². The summed E-state index contributed by atoms with van der Waals surface area (Å²) < 4.78 is 108. The molecule has 0 saturated carbocycles. The molecule has 76 heavy (non-hydrogen) atoms. The third kappa shape index (κ3) is 12.3. The molecule has 6 aromatic rings. The fourth-order valence-corrected chi connectivity index (χ4v) is 12.3. The second-order valence-electron chi connectivity index (χ2n) is 16.2. The Balaban J connectivity index is 0.943. The van der Waals surface area contributed by atoms with Crippen molar-refractivity contribution in [3.05, 3.63) is 46.0 Å². The van der Waals surface area contributed by atoms with Crippen LogP contribution >= 0.6 is 31.3 Å². The highest BCUT2D eigenvalue weighted by molar-refractivity contribution is 7.66. The second-order valence-corrected chi connectivity index (χ2v) is 22.1. The van der Waals surface area contributed by atoms with Gasteiger partial charge in [-0.3, -0.25) is 46.9 Å². The Labute approximate surface area is 422 Å². The lowest BCUT2D eigenvalue weighted by Gasteiger charge is -2.32. The molecule has 0 aromatic carbocycles. The lowest BCUT2D eigenvalue weighted by molar-refractivity contribution is -0.746. The van der Waals surface area contributed by atoms with E-state index in [1.807, 2.05) is 0 Å². The van der Waals surface area contributed by atoms with Crippen LogP contribution in [0.25, 0.3) is 33.5 Å². The van der Waals surface area contributed by atoms with Crippen LogP contribution in [0.5, 0.6) is 0 Å². The number of nitrogens with one attached hydrogen (secondary N) is 2. The summed E-state index contributed by atoms with van der Waals surface area (Å²) in [7, 11) is -22.6. The summed E-state index contributed by atoms with van der Waals surface area (Å²) in [5.74, 6) is -0.741. The number of phosphoric ester groups is 3. The molecule has 8 rings (SSSR count). The second kappa shape index (κ2) is 22.3. The lowest BCUT2D eigenvalue weighted by atomic mass is 10.1. The number of aliphatic hydroxyl groups is 4. The highest BCUT2D eigenvalue weighted by Crippen LogP contribution is 2.66. The van der Waals surface area contributed by atoms with Gasteiger partial charge in [-0.15, -0.1) is 0 Å². The summed E-state index contributed by atoms with van der Waals surface area (Å²) in [6.45, 7) is -4.16. The molecule has 0 bridgehead atoms. The number of nitrogens with zero attached hydrogens (tertiary/aromatic N) is 10. The van der Waals surface area contributed by atoms with E-state index in [1.54, 1.807) is 0 Å². The summed E-state index contributed by atoms with van der Waals surface area (Å²) in [4.78, 5) is 101. The number of rotatable bonds is 24. The van der Waals surface area contributed by atoms with E-state index in [0.717, 1.165) is 28.1 Å². The molecule has 2 aliphatic rings. The molecule has 43 heteroatoms. The monoisotopic (exact) mass is 1160 g/mol. The van der Waals surface area contributed by atoms with Gasteiger partial charge in [-0.2, -0.15) is 9.29 Å². The predicted molar refractivity (Wildman–Crippen MR) is 241 cm³/mol. The molecule has 14 atom stereocenters. The van der Waals surface area contributed by atoms with Crippen molar-refractivity contribution in [2.45, 2.75) is 68.3 Å². The Morgan fingerprint density at radius 2 is 1.45 bits per heavy atom. The Morgan fingerprint density at radius 1 is 0.789 bits per heavy atom. The van der Waals surface area contributed by atoms with Crippen LogP contribution in [0.3, 0.4) is 0 Å². The van der Waals surface area contributed by atoms with Gasteiger partial charge in [0.1, 0.15) is 61.2 Å². The molecule has 14 N–H and O–H groups in total. The standard InChI is InChI=1S/C33H47N15O24P4/c1-3-63-23-22(70-73(55,56)65-7-14-20(51)21(52)30(68-14)47-11-40-18-26(47)41-32(35)43-28(18)53)15(69-31(23)46-10-39-17-24(34)37-9-38-25(17)46)8-66-75(59,60)72-76(61,62)71-74(57,58)64-6-13(4-49)67-16(5-50)48-12-45(2)19-27(48)42-33(36)44-29(19)54/h9-16,20-23,30-31,49-52H,3-8H2,1-2H3,(H11-,34,35,36,37,38,41,42,43,44,53,54,55,56,57,58,59,60,61,62)/p-1/t13-,14+,15+,16+,20-,21?,22-,23?,30+,31+/m0/s1. The largest absolute Gasteiger partial charge is 0.756 e. The molecule has 0 amide bonds. The molecule has 2 saturated heterocycles. The maximum atomic E-state index is 13.6. The number of aromatic amines is 2. The van der Waals surface area contributed by atoms with Gasteiger partial charge >= 0.3 is 21.3 Å². The number of nitrogen functional groups attached to an aromatic ring is 3. The molecular formula is C33H46N15O24P4-. The molecule has 2 fully saturated rings. The van der Waals surface area contributed by atoms with Crippen molar-refractivity contribution >= 4 is 82.5 Å². The lowest BCUT2D eigenvalue weighted by Crippen LogP contribution is -2.46. The SMILES string of the molecule is CCOC1[C@@H](OP(=O)([O-])OC[C@H]2O[C@@H](n3cnc4c(=O)[nH]c(N)nc43)C(O)[C@H]2O)[C@@H](COP(=O)(O)OP(=O)(O)OP(=O)([O-])OC[C@H](CO)O[C@H](CO)[n+]2cn(C)c3c(=O)[nH]c(N)nc32)O[C@H]1n1cnc2c(N)ncnc21. The Morgan fingerprint density at radius 3 is 2.14 bits per heavy atom. The Bertz CT molecular complexity index is 3410. The van der Waals surface area contributed by atoms with E-state index in [1.165, 1.54) is 29.4 Å².